The zero-order valence-corrected chi connectivity index (χ0v) is 13.4. The van der Waals surface area contributed by atoms with Crippen LogP contribution in [-0.4, -0.2) is 37.1 Å². The van der Waals surface area contributed by atoms with Crippen LogP contribution in [0.5, 0.6) is 0 Å². The third-order valence-corrected chi connectivity index (χ3v) is 6.11. The molecule has 4 unspecified atom stereocenters. The van der Waals surface area contributed by atoms with Crippen molar-refractivity contribution in [2.75, 3.05) is 26.2 Å². The topological polar surface area (TPSA) is 15.3 Å². The molecule has 2 nitrogen and oxygen atoms in total. The second-order valence-corrected chi connectivity index (χ2v) is 7.63. The summed E-state index contributed by atoms with van der Waals surface area (Å²) in [6.45, 7) is 7.73. The zero-order valence-electron chi connectivity index (χ0n) is 13.4. The Morgan fingerprint density at radius 3 is 2.40 bits per heavy atom. The number of rotatable bonds is 5. The van der Waals surface area contributed by atoms with E-state index in [0.29, 0.717) is 0 Å². The van der Waals surface area contributed by atoms with Gasteiger partial charge in [-0.15, -0.1) is 0 Å². The Balaban J connectivity index is 1.52. The number of hydrogen-bond acceptors (Lipinski definition) is 2. The monoisotopic (exact) mass is 278 g/mol. The first kappa shape index (κ1) is 14.8. The van der Waals surface area contributed by atoms with Crippen molar-refractivity contribution in [2.24, 2.45) is 17.8 Å². The summed E-state index contributed by atoms with van der Waals surface area (Å²) in [6, 6.07) is 0.804. The molecule has 116 valence electrons. The lowest BCUT2D eigenvalue weighted by Crippen LogP contribution is -2.42. The van der Waals surface area contributed by atoms with Gasteiger partial charge in [0.15, 0.2) is 0 Å². The second-order valence-electron chi connectivity index (χ2n) is 7.63. The highest BCUT2D eigenvalue weighted by Crippen LogP contribution is 2.38. The molecule has 20 heavy (non-hydrogen) atoms. The van der Waals surface area contributed by atoms with E-state index in [1.54, 1.807) is 0 Å². The minimum Gasteiger partial charge on any atom is -0.314 e. The number of nitrogens with one attached hydrogen (secondary N) is 1. The molecule has 0 amide bonds. The highest BCUT2D eigenvalue weighted by Gasteiger charge is 2.37. The molecule has 4 atom stereocenters. The number of fused-ring (bicyclic) bond motifs is 1. The lowest BCUT2D eigenvalue weighted by Gasteiger charge is -2.30. The number of likely N-dealkylation sites (tertiary alicyclic amines) is 1. The molecule has 0 aromatic carbocycles. The quantitative estimate of drug-likeness (QED) is 0.772. The summed E-state index contributed by atoms with van der Waals surface area (Å²) in [5, 5.41) is 3.86. The average Bonchev–Trinajstić information content (AvgIpc) is 2.94. The van der Waals surface area contributed by atoms with Crippen molar-refractivity contribution in [1.29, 1.82) is 0 Å². The Hall–Kier alpha value is -0.0800. The molecule has 0 spiro atoms. The van der Waals surface area contributed by atoms with E-state index in [0.717, 1.165) is 23.8 Å². The van der Waals surface area contributed by atoms with Gasteiger partial charge in [0.2, 0.25) is 0 Å². The van der Waals surface area contributed by atoms with Gasteiger partial charge in [-0.1, -0.05) is 32.6 Å². The van der Waals surface area contributed by atoms with Crippen molar-refractivity contribution in [3.63, 3.8) is 0 Å². The van der Waals surface area contributed by atoms with Crippen LogP contribution in [0.2, 0.25) is 0 Å². The summed E-state index contributed by atoms with van der Waals surface area (Å²) < 4.78 is 0. The fourth-order valence-corrected chi connectivity index (χ4v) is 5.01. The Morgan fingerprint density at radius 1 is 0.900 bits per heavy atom. The van der Waals surface area contributed by atoms with Crippen molar-refractivity contribution in [1.82, 2.24) is 10.2 Å². The summed E-state index contributed by atoms with van der Waals surface area (Å²) in [5.41, 5.74) is 0. The van der Waals surface area contributed by atoms with Gasteiger partial charge in [-0.25, -0.2) is 0 Å². The lowest BCUT2D eigenvalue weighted by atomic mass is 9.94. The molecule has 3 rings (SSSR count). The van der Waals surface area contributed by atoms with Crippen LogP contribution in [0, 0.1) is 17.8 Å². The maximum atomic E-state index is 3.86. The predicted octanol–water partition coefficient (Wildman–Crippen LogP) is 3.67. The van der Waals surface area contributed by atoms with Gasteiger partial charge in [-0.3, -0.25) is 0 Å². The number of hydrogen-bond donors (Lipinski definition) is 1. The van der Waals surface area contributed by atoms with Gasteiger partial charge in [-0.05, 0) is 56.4 Å². The normalized spacial score (nSPS) is 38.9. The maximum absolute atomic E-state index is 3.86. The Bertz CT molecular complexity index is 279. The molecule has 1 saturated heterocycles. The van der Waals surface area contributed by atoms with E-state index in [-0.39, 0.29) is 0 Å². The highest BCUT2D eigenvalue weighted by molar-refractivity contribution is 4.91. The highest BCUT2D eigenvalue weighted by atomic mass is 15.2. The van der Waals surface area contributed by atoms with Crippen molar-refractivity contribution >= 4 is 0 Å². The molecule has 0 aromatic rings. The van der Waals surface area contributed by atoms with Gasteiger partial charge in [0.05, 0.1) is 0 Å². The van der Waals surface area contributed by atoms with Crippen molar-refractivity contribution in [3.8, 4) is 0 Å². The van der Waals surface area contributed by atoms with E-state index >= 15 is 0 Å². The molecule has 3 fully saturated rings. The standard InChI is InChI=1S/C18H34N2/c1-2-11-19-18-10-5-3-4-7-17(18)14-20-12-15-8-6-9-16(15)13-20/h15-19H,2-14H2,1H3. The molecule has 1 N–H and O–H groups in total. The zero-order chi connectivity index (χ0) is 13.8. The molecule has 2 aliphatic carbocycles. The van der Waals surface area contributed by atoms with E-state index in [1.807, 2.05) is 0 Å². The predicted molar refractivity (Wildman–Crippen MR) is 85.9 cm³/mol. The molecule has 1 aliphatic heterocycles. The van der Waals surface area contributed by atoms with Crippen molar-refractivity contribution in [2.45, 2.75) is 70.8 Å². The minimum atomic E-state index is 0.804. The van der Waals surface area contributed by atoms with Crippen LogP contribution >= 0.6 is 0 Å². The van der Waals surface area contributed by atoms with Gasteiger partial charge in [0, 0.05) is 25.7 Å². The molecule has 1 heterocycles. The third-order valence-electron chi connectivity index (χ3n) is 6.11. The first-order chi connectivity index (χ1) is 9.86. The average molecular weight is 278 g/mol. The van der Waals surface area contributed by atoms with Gasteiger partial charge in [0.1, 0.15) is 0 Å². The summed E-state index contributed by atoms with van der Waals surface area (Å²) in [4.78, 5) is 2.82. The molecule has 2 heteroatoms. The molecule has 0 bridgehead atoms. The van der Waals surface area contributed by atoms with E-state index < -0.39 is 0 Å². The van der Waals surface area contributed by atoms with Gasteiger partial charge in [0.25, 0.3) is 0 Å². The molecular weight excluding hydrogens is 244 g/mol. The molecule has 0 aromatic heterocycles. The van der Waals surface area contributed by atoms with Crippen LogP contribution < -0.4 is 5.32 Å². The van der Waals surface area contributed by atoms with Crippen molar-refractivity contribution in [3.05, 3.63) is 0 Å². The van der Waals surface area contributed by atoms with E-state index in [2.05, 4.69) is 17.1 Å². The van der Waals surface area contributed by atoms with Crippen LogP contribution in [0.4, 0.5) is 0 Å². The molecule has 0 radical (unpaired) electrons. The maximum Gasteiger partial charge on any atom is 0.0107 e. The number of nitrogens with zero attached hydrogens (tertiary/aromatic N) is 1. The Labute approximate surface area is 125 Å². The smallest absolute Gasteiger partial charge is 0.0107 e. The summed E-state index contributed by atoms with van der Waals surface area (Å²) in [5.74, 6) is 3.04. The van der Waals surface area contributed by atoms with E-state index in [1.165, 1.54) is 84.0 Å². The van der Waals surface area contributed by atoms with Crippen LogP contribution in [0.1, 0.15) is 64.7 Å². The Morgan fingerprint density at radius 2 is 1.65 bits per heavy atom. The fourth-order valence-electron chi connectivity index (χ4n) is 5.01. The van der Waals surface area contributed by atoms with Crippen LogP contribution in [0.3, 0.4) is 0 Å². The van der Waals surface area contributed by atoms with E-state index in [4.69, 9.17) is 0 Å². The van der Waals surface area contributed by atoms with Crippen molar-refractivity contribution < 1.29 is 0 Å². The van der Waals surface area contributed by atoms with Gasteiger partial charge < -0.3 is 10.2 Å². The first-order valence-electron chi connectivity index (χ1n) is 9.32. The van der Waals surface area contributed by atoms with Gasteiger partial charge >= 0.3 is 0 Å². The summed E-state index contributed by atoms with van der Waals surface area (Å²) in [6.07, 6.45) is 13.1. The minimum absolute atomic E-state index is 0.804. The summed E-state index contributed by atoms with van der Waals surface area (Å²) in [7, 11) is 0. The van der Waals surface area contributed by atoms with Gasteiger partial charge in [-0.2, -0.15) is 0 Å². The molecule has 3 aliphatic rings. The molecule has 2 saturated carbocycles. The Kier molecular flexibility index (Phi) is 5.39. The largest absolute Gasteiger partial charge is 0.314 e. The SMILES string of the molecule is CCCNC1CCCCCC1CN1CC2CCCC2C1. The summed E-state index contributed by atoms with van der Waals surface area (Å²) >= 11 is 0. The van der Waals surface area contributed by atoms with Crippen LogP contribution in [0.15, 0.2) is 0 Å². The van der Waals surface area contributed by atoms with E-state index in [9.17, 15) is 0 Å². The second kappa shape index (κ2) is 7.26. The van der Waals surface area contributed by atoms with Crippen LogP contribution in [-0.2, 0) is 0 Å². The lowest BCUT2D eigenvalue weighted by molar-refractivity contribution is 0.213. The molecular formula is C18H34N2. The van der Waals surface area contributed by atoms with Crippen LogP contribution in [0.25, 0.3) is 0 Å². The first-order valence-corrected chi connectivity index (χ1v) is 9.32. The third kappa shape index (κ3) is 3.57. The fraction of sp³-hybridized carbons (Fsp3) is 1.00.